The quantitative estimate of drug-likeness (QED) is 0.618. The zero-order chi connectivity index (χ0) is 12.6. The molecule has 18 heavy (non-hydrogen) atoms. The van der Waals surface area contributed by atoms with Crippen LogP contribution in [0.25, 0.3) is 0 Å². The van der Waals surface area contributed by atoms with Crippen LogP contribution in [-0.2, 0) is 9.53 Å². The lowest BCUT2D eigenvalue weighted by atomic mass is 9.93. The number of esters is 1. The van der Waals surface area contributed by atoms with E-state index < -0.39 is 0 Å². The number of carbonyl (C=O) groups excluding carboxylic acids is 1. The number of hydrogen-bond donors (Lipinski definition) is 1. The van der Waals surface area contributed by atoms with Crippen LogP contribution >= 0.6 is 0 Å². The third-order valence-corrected chi connectivity index (χ3v) is 4.32. The lowest BCUT2D eigenvalue weighted by molar-refractivity contribution is -0.150. The van der Waals surface area contributed by atoms with E-state index in [1.807, 2.05) is 0 Å². The molecule has 2 rings (SSSR count). The first-order valence-corrected chi connectivity index (χ1v) is 7.75. The summed E-state index contributed by atoms with van der Waals surface area (Å²) < 4.78 is 5.61. The second-order valence-electron chi connectivity index (χ2n) is 5.84. The zero-order valence-electron chi connectivity index (χ0n) is 11.5. The van der Waals surface area contributed by atoms with Crippen molar-refractivity contribution in [3.05, 3.63) is 0 Å². The van der Waals surface area contributed by atoms with E-state index >= 15 is 0 Å². The number of nitrogens with one attached hydrogen (secondary N) is 1. The van der Waals surface area contributed by atoms with Gasteiger partial charge in [0.2, 0.25) is 0 Å². The van der Waals surface area contributed by atoms with Gasteiger partial charge in [-0.25, -0.2) is 0 Å². The molecule has 0 amide bonds. The Morgan fingerprint density at radius 1 is 1.00 bits per heavy atom. The molecule has 1 saturated carbocycles. The van der Waals surface area contributed by atoms with Gasteiger partial charge in [0.05, 0.1) is 0 Å². The van der Waals surface area contributed by atoms with E-state index in [1.165, 1.54) is 38.5 Å². The van der Waals surface area contributed by atoms with E-state index in [0.717, 1.165) is 38.3 Å². The van der Waals surface area contributed by atoms with Gasteiger partial charge in [-0.3, -0.25) is 4.79 Å². The van der Waals surface area contributed by atoms with Crippen LogP contribution in [0.4, 0.5) is 0 Å². The first-order chi connectivity index (χ1) is 8.84. The first kappa shape index (κ1) is 13.9. The van der Waals surface area contributed by atoms with Crippen LogP contribution in [0.3, 0.4) is 0 Å². The molecule has 3 nitrogen and oxygen atoms in total. The number of piperidine rings is 1. The van der Waals surface area contributed by atoms with Crippen molar-refractivity contribution in [3.8, 4) is 0 Å². The summed E-state index contributed by atoms with van der Waals surface area (Å²) in [6.07, 6.45) is 11.5. The van der Waals surface area contributed by atoms with Crippen molar-refractivity contribution in [2.45, 2.75) is 70.3 Å². The van der Waals surface area contributed by atoms with Gasteiger partial charge < -0.3 is 10.1 Å². The summed E-state index contributed by atoms with van der Waals surface area (Å²) in [5, 5.41) is 3.36. The summed E-state index contributed by atoms with van der Waals surface area (Å²) in [4.78, 5) is 11.8. The van der Waals surface area contributed by atoms with E-state index in [2.05, 4.69) is 5.32 Å². The molecule has 0 aromatic carbocycles. The van der Waals surface area contributed by atoms with E-state index in [4.69, 9.17) is 4.74 Å². The summed E-state index contributed by atoms with van der Waals surface area (Å²) in [7, 11) is 0. The molecule has 1 N–H and O–H groups in total. The molecule has 0 aromatic rings. The van der Waals surface area contributed by atoms with E-state index in [9.17, 15) is 4.79 Å². The Balaban J connectivity index is 1.61. The largest absolute Gasteiger partial charge is 0.462 e. The van der Waals surface area contributed by atoms with Gasteiger partial charge in [-0.1, -0.05) is 12.8 Å². The lowest BCUT2D eigenvalue weighted by Crippen LogP contribution is -2.28. The fourth-order valence-electron chi connectivity index (χ4n) is 3.10. The smallest absolute Gasteiger partial charge is 0.306 e. The number of rotatable bonds is 4. The predicted molar refractivity (Wildman–Crippen MR) is 72.4 cm³/mol. The van der Waals surface area contributed by atoms with Crippen molar-refractivity contribution in [2.75, 3.05) is 13.1 Å². The predicted octanol–water partition coefficient (Wildman–Crippen LogP) is 3.03. The SMILES string of the molecule is O=C(CCC1CCNCC1)OC1CCCCCC1. The van der Waals surface area contributed by atoms with Gasteiger partial charge in [-0.2, -0.15) is 0 Å². The Morgan fingerprint density at radius 2 is 1.67 bits per heavy atom. The highest BCUT2D eigenvalue weighted by atomic mass is 16.5. The minimum atomic E-state index is 0.0421. The monoisotopic (exact) mass is 253 g/mol. The maximum absolute atomic E-state index is 11.8. The summed E-state index contributed by atoms with van der Waals surface area (Å²) >= 11 is 0. The molecule has 0 unspecified atom stereocenters. The van der Waals surface area contributed by atoms with Gasteiger partial charge in [-0.15, -0.1) is 0 Å². The standard InChI is InChI=1S/C15H27NO2/c17-15(8-7-13-9-11-16-12-10-13)18-14-5-3-1-2-4-6-14/h13-14,16H,1-12H2. The molecule has 2 fully saturated rings. The van der Waals surface area contributed by atoms with Gasteiger partial charge in [0.15, 0.2) is 0 Å². The van der Waals surface area contributed by atoms with E-state index in [-0.39, 0.29) is 12.1 Å². The van der Waals surface area contributed by atoms with Crippen LogP contribution in [0.2, 0.25) is 0 Å². The van der Waals surface area contributed by atoms with Crippen molar-refractivity contribution in [3.63, 3.8) is 0 Å². The Bertz CT molecular complexity index is 241. The molecule has 1 saturated heterocycles. The van der Waals surface area contributed by atoms with Crippen molar-refractivity contribution in [1.82, 2.24) is 5.32 Å². The van der Waals surface area contributed by atoms with Crippen LogP contribution in [-0.4, -0.2) is 25.2 Å². The molecule has 1 aliphatic heterocycles. The minimum absolute atomic E-state index is 0.0421. The maximum Gasteiger partial charge on any atom is 0.306 e. The van der Waals surface area contributed by atoms with Crippen molar-refractivity contribution in [1.29, 1.82) is 0 Å². The Morgan fingerprint density at radius 3 is 2.33 bits per heavy atom. The molecule has 0 bridgehead atoms. The Labute approximate surface area is 111 Å². The van der Waals surface area contributed by atoms with E-state index in [1.54, 1.807) is 0 Å². The van der Waals surface area contributed by atoms with Crippen LogP contribution in [0.5, 0.6) is 0 Å². The first-order valence-electron chi connectivity index (χ1n) is 7.75. The molecule has 2 aliphatic rings. The van der Waals surface area contributed by atoms with Crippen molar-refractivity contribution < 1.29 is 9.53 Å². The lowest BCUT2D eigenvalue weighted by Gasteiger charge is -2.22. The topological polar surface area (TPSA) is 38.3 Å². The minimum Gasteiger partial charge on any atom is -0.462 e. The zero-order valence-corrected chi connectivity index (χ0v) is 11.5. The highest BCUT2D eigenvalue weighted by Gasteiger charge is 2.18. The number of hydrogen-bond acceptors (Lipinski definition) is 3. The van der Waals surface area contributed by atoms with Gasteiger partial charge >= 0.3 is 5.97 Å². The molecule has 1 heterocycles. The van der Waals surface area contributed by atoms with Crippen LogP contribution in [0, 0.1) is 5.92 Å². The molecule has 0 aromatic heterocycles. The van der Waals surface area contributed by atoms with E-state index in [0.29, 0.717) is 6.42 Å². The second-order valence-corrected chi connectivity index (χ2v) is 5.84. The Hall–Kier alpha value is -0.570. The van der Waals surface area contributed by atoms with Gasteiger partial charge in [0, 0.05) is 6.42 Å². The maximum atomic E-state index is 11.8. The summed E-state index contributed by atoms with van der Waals surface area (Å²) in [5.41, 5.74) is 0. The summed E-state index contributed by atoms with van der Waals surface area (Å²) in [5.74, 6) is 0.772. The van der Waals surface area contributed by atoms with Gasteiger partial charge in [0.1, 0.15) is 6.10 Å². The number of carbonyl (C=O) groups is 1. The van der Waals surface area contributed by atoms with Crippen molar-refractivity contribution in [2.24, 2.45) is 5.92 Å². The van der Waals surface area contributed by atoms with Crippen molar-refractivity contribution >= 4 is 5.97 Å². The summed E-state index contributed by atoms with van der Waals surface area (Å²) in [6, 6.07) is 0. The molecule has 3 heteroatoms. The van der Waals surface area contributed by atoms with Crippen LogP contribution in [0.15, 0.2) is 0 Å². The normalized spacial score (nSPS) is 23.6. The van der Waals surface area contributed by atoms with Crippen LogP contribution in [0.1, 0.15) is 64.2 Å². The highest BCUT2D eigenvalue weighted by molar-refractivity contribution is 5.69. The fraction of sp³-hybridized carbons (Fsp3) is 0.933. The average molecular weight is 253 g/mol. The molecule has 0 radical (unpaired) electrons. The van der Waals surface area contributed by atoms with Gasteiger partial charge in [0.25, 0.3) is 0 Å². The molecular weight excluding hydrogens is 226 g/mol. The van der Waals surface area contributed by atoms with Crippen LogP contribution < -0.4 is 5.32 Å². The summed E-state index contributed by atoms with van der Waals surface area (Å²) in [6.45, 7) is 2.23. The second kappa shape index (κ2) is 7.78. The molecular formula is C15H27NO2. The molecule has 0 spiro atoms. The average Bonchev–Trinajstić information content (AvgIpc) is 2.66. The third kappa shape index (κ3) is 4.97. The fourth-order valence-corrected chi connectivity index (χ4v) is 3.10. The highest BCUT2D eigenvalue weighted by Crippen LogP contribution is 2.22. The molecule has 0 atom stereocenters. The van der Waals surface area contributed by atoms with Gasteiger partial charge in [-0.05, 0) is 64.0 Å². The Kier molecular flexibility index (Phi) is 5.98. The molecule has 104 valence electrons. The number of ether oxygens (including phenoxy) is 1. The molecule has 1 aliphatic carbocycles. The third-order valence-electron chi connectivity index (χ3n) is 4.32.